The average molecular weight is 288 g/mol. The summed E-state index contributed by atoms with van der Waals surface area (Å²) in [6.07, 6.45) is 0.956. The molecule has 0 amide bonds. The molecule has 20 heavy (non-hydrogen) atoms. The van der Waals surface area contributed by atoms with Crippen LogP contribution in [0.2, 0.25) is 0 Å². The maximum atomic E-state index is 13.5. The Labute approximate surface area is 122 Å². The van der Waals surface area contributed by atoms with Crippen LogP contribution in [0.5, 0.6) is 0 Å². The summed E-state index contributed by atoms with van der Waals surface area (Å²) in [5.41, 5.74) is -2.40. The van der Waals surface area contributed by atoms with Gasteiger partial charge in [-0.1, -0.05) is 27.4 Å². The molecule has 0 heterocycles. The fourth-order valence-corrected chi connectivity index (χ4v) is 2.16. The number of hydrogen-bond donors (Lipinski definition) is 1. The van der Waals surface area contributed by atoms with E-state index in [2.05, 4.69) is 11.3 Å². The molecule has 0 aliphatic rings. The Balaban J connectivity index is 4.97. The standard InChI is InChI=1S/C16H29FO3/c1-12(14(2,3)4)16(19,11-13(18)20-7)10-8-9-15(5,6)17/h19H,1,8-11H2,2-7H3. The summed E-state index contributed by atoms with van der Waals surface area (Å²) in [5, 5.41) is 10.8. The second-order valence-corrected chi connectivity index (χ2v) is 7.09. The third kappa shape index (κ3) is 6.51. The van der Waals surface area contributed by atoms with Gasteiger partial charge in [0.25, 0.3) is 0 Å². The molecule has 0 saturated heterocycles. The second kappa shape index (κ2) is 6.70. The zero-order valence-electron chi connectivity index (χ0n) is 13.7. The summed E-state index contributed by atoms with van der Waals surface area (Å²) in [5.74, 6) is -0.489. The molecule has 0 aromatic rings. The summed E-state index contributed by atoms with van der Waals surface area (Å²) in [6, 6.07) is 0. The van der Waals surface area contributed by atoms with Crippen molar-refractivity contribution in [2.45, 2.75) is 71.6 Å². The van der Waals surface area contributed by atoms with Crippen LogP contribution in [0.1, 0.15) is 60.3 Å². The lowest BCUT2D eigenvalue weighted by Crippen LogP contribution is -2.39. The second-order valence-electron chi connectivity index (χ2n) is 7.09. The summed E-state index contributed by atoms with van der Waals surface area (Å²) in [7, 11) is 1.28. The summed E-state index contributed by atoms with van der Waals surface area (Å²) in [4.78, 5) is 11.5. The molecule has 1 N–H and O–H groups in total. The van der Waals surface area contributed by atoms with Gasteiger partial charge in [-0.3, -0.25) is 4.79 Å². The van der Waals surface area contributed by atoms with Crippen molar-refractivity contribution in [1.29, 1.82) is 0 Å². The first-order chi connectivity index (χ1) is 8.82. The molecule has 0 aliphatic carbocycles. The summed E-state index contributed by atoms with van der Waals surface area (Å²) >= 11 is 0. The first-order valence-electron chi connectivity index (χ1n) is 7.00. The first-order valence-corrected chi connectivity index (χ1v) is 7.00. The van der Waals surface area contributed by atoms with Crippen LogP contribution in [0.15, 0.2) is 12.2 Å². The minimum Gasteiger partial charge on any atom is -0.469 e. The zero-order valence-corrected chi connectivity index (χ0v) is 13.7. The van der Waals surface area contributed by atoms with Gasteiger partial charge in [0.1, 0.15) is 5.67 Å². The van der Waals surface area contributed by atoms with Crippen molar-refractivity contribution >= 4 is 5.97 Å². The van der Waals surface area contributed by atoms with E-state index in [-0.39, 0.29) is 11.8 Å². The number of esters is 1. The molecule has 0 saturated carbocycles. The molecule has 0 fully saturated rings. The van der Waals surface area contributed by atoms with Crippen LogP contribution in [0.4, 0.5) is 4.39 Å². The van der Waals surface area contributed by atoms with E-state index in [1.807, 2.05) is 20.8 Å². The van der Waals surface area contributed by atoms with Crippen LogP contribution in [0.25, 0.3) is 0 Å². The number of carbonyl (C=O) groups excluding carboxylic acids is 1. The van der Waals surface area contributed by atoms with Gasteiger partial charge in [-0.15, -0.1) is 0 Å². The number of aliphatic hydroxyl groups is 1. The Bertz CT molecular complexity index is 350. The molecule has 0 aromatic heterocycles. The van der Waals surface area contributed by atoms with Gasteiger partial charge >= 0.3 is 5.97 Å². The Morgan fingerprint density at radius 1 is 1.20 bits per heavy atom. The maximum Gasteiger partial charge on any atom is 0.308 e. The minimum absolute atomic E-state index is 0.147. The van der Waals surface area contributed by atoms with E-state index in [9.17, 15) is 14.3 Å². The number of halogens is 1. The van der Waals surface area contributed by atoms with Crippen LogP contribution in [-0.2, 0) is 9.53 Å². The van der Waals surface area contributed by atoms with Gasteiger partial charge in [0, 0.05) is 0 Å². The number of hydrogen-bond acceptors (Lipinski definition) is 3. The smallest absolute Gasteiger partial charge is 0.308 e. The average Bonchev–Trinajstić information content (AvgIpc) is 2.24. The van der Waals surface area contributed by atoms with Gasteiger partial charge < -0.3 is 9.84 Å². The van der Waals surface area contributed by atoms with Gasteiger partial charge in [0.2, 0.25) is 0 Å². The fourth-order valence-electron chi connectivity index (χ4n) is 2.16. The first kappa shape index (κ1) is 19.1. The summed E-state index contributed by atoms with van der Waals surface area (Å²) < 4.78 is 18.2. The number of methoxy groups -OCH3 is 1. The lowest BCUT2D eigenvalue weighted by molar-refractivity contribution is -0.145. The molecule has 3 nitrogen and oxygen atoms in total. The molecule has 0 spiro atoms. The van der Waals surface area contributed by atoms with E-state index in [1.165, 1.54) is 21.0 Å². The SMILES string of the molecule is C=C(C(C)(C)C)C(O)(CCCC(C)(C)F)CC(=O)OC. The van der Waals surface area contributed by atoms with E-state index in [0.29, 0.717) is 24.8 Å². The Hall–Kier alpha value is -0.900. The van der Waals surface area contributed by atoms with E-state index >= 15 is 0 Å². The third-order valence-corrected chi connectivity index (χ3v) is 3.49. The predicted molar refractivity (Wildman–Crippen MR) is 79.2 cm³/mol. The number of rotatable bonds is 7. The van der Waals surface area contributed by atoms with Gasteiger partial charge in [0.15, 0.2) is 0 Å². The molecule has 1 atom stereocenters. The van der Waals surface area contributed by atoms with Crippen LogP contribution < -0.4 is 0 Å². The Morgan fingerprint density at radius 3 is 2.05 bits per heavy atom. The number of alkyl halides is 1. The third-order valence-electron chi connectivity index (χ3n) is 3.49. The highest BCUT2D eigenvalue weighted by atomic mass is 19.1. The lowest BCUT2D eigenvalue weighted by Gasteiger charge is -2.37. The molecule has 4 heteroatoms. The van der Waals surface area contributed by atoms with E-state index in [1.54, 1.807) is 0 Å². The molecular formula is C16H29FO3. The molecule has 1 unspecified atom stereocenters. The Kier molecular flexibility index (Phi) is 6.40. The minimum atomic E-state index is -1.35. The van der Waals surface area contributed by atoms with Gasteiger partial charge in [-0.25, -0.2) is 4.39 Å². The van der Waals surface area contributed by atoms with Crippen molar-refractivity contribution in [2.24, 2.45) is 5.41 Å². The van der Waals surface area contributed by atoms with Crippen molar-refractivity contribution in [1.82, 2.24) is 0 Å². The lowest BCUT2D eigenvalue weighted by atomic mass is 9.73. The molecule has 0 rings (SSSR count). The van der Waals surface area contributed by atoms with Gasteiger partial charge in [-0.2, -0.15) is 0 Å². The normalized spacial score (nSPS) is 15.6. The monoisotopic (exact) mass is 288 g/mol. The predicted octanol–water partition coefficient (Wildman–Crippen LogP) is 3.80. The van der Waals surface area contributed by atoms with Gasteiger partial charge in [0.05, 0.1) is 19.1 Å². The fraction of sp³-hybridized carbons (Fsp3) is 0.812. The van der Waals surface area contributed by atoms with Crippen molar-refractivity contribution in [3.05, 3.63) is 12.2 Å². The van der Waals surface area contributed by atoms with E-state index in [4.69, 9.17) is 0 Å². The highest BCUT2D eigenvalue weighted by Crippen LogP contribution is 2.38. The van der Waals surface area contributed by atoms with Crippen molar-refractivity contribution < 1.29 is 19.0 Å². The van der Waals surface area contributed by atoms with Gasteiger partial charge in [-0.05, 0) is 44.1 Å². The van der Waals surface area contributed by atoms with Crippen LogP contribution in [-0.4, -0.2) is 29.5 Å². The van der Waals surface area contributed by atoms with Crippen molar-refractivity contribution in [2.75, 3.05) is 7.11 Å². The number of ether oxygens (including phenoxy) is 1. The molecule has 118 valence electrons. The molecule has 0 radical (unpaired) electrons. The number of carbonyl (C=O) groups is 1. The molecule has 0 bridgehead atoms. The van der Waals surface area contributed by atoms with E-state index in [0.717, 1.165) is 0 Å². The molecular weight excluding hydrogens is 259 g/mol. The Morgan fingerprint density at radius 2 is 1.70 bits per heavy atom. The van der Waals surface area contributed by atoms with E-state index < -0.39 is 17.2 Å². The molecule has 0 aliphatic heterocycles. The quantitative estimate of drug-likeness (QED) is 0.572. The topological polar surface area (TPSA) is 46.5 Å². The van der Waals surface area contributed by atoms with Crippen LogP contribution in [0.3, 0.4) is 0 Å². The maximum absolute atomic E-state index is 13.5. The van der Waals surface area contributed by atoms with Crippen LogP contribution >= 0.6 is 0 Å². The zero-order chi connectivity index (χ0) is 16.2. The highest BCUT2D eigenvalue weighted by molar-refractivity contribution is 5.71. The summed E-state index contributed by atoms with van der Waals surface area (Å²) in [6.45, 7) is 12.7. The highest BCUT2D eigenvalue weighted by Gasteiger charge is 2.38. The molecule has 0 aromatic carbocycles. The van der Waals surface area contributed by atoms with Crippen molar-refractivity contribution in [3.63, 3.8) is 0 Å². The largest absolute Gasteiger partial charge is 0.469 e. The van der Waals surface area contributed by atoms with Crippen LogP contribution in [0, 0.1) is 5.41 Å². The van der Waals surface area contributed by atoms with Crippen molar-refractivity contribution in [3.8, 4) is 0 Å².